The van der Waals surface area contributed by atoms with Crippen molar-refractivity contribution in [1.29, 1.82) is 0 Å². The van der Waals surface area contributed by atoms with Gasteiger partial charge < -0.3 is 14.6 Å². The van der Waals surface area contributed by atoms with Gasteiger partial charge in [-0.15, -0.1) is 0 Å². The quantitative estimate of drug-likeness (QED) is 0.806. The summed E-state index contributed by atoms with van der Waals surface area (Å²) in [6, 6.07) is 1.01. The summed E-state index contributed by atoms with van der Waals surface area (Å²) in [5, 5.41) is 10.2. The Kier molecular flexibility index (Phi) is 3.32. The molecule has 0 saturated carbocycles. The maximum atomic E-state index is 12.3. The third kappa shape index (κ3) is 2.38. The van der Waals surface area contributed by atoms with E-state index in [0.717, 1.165) is 7.11 Å². The van der Waals surface area contributed by atoms with Gasteiger partial charge in [-0.1, -0.05) is 11.6 Å². The normalized spacial score (nSPS) is 11.3. The van der Waals surface area contributed by atoms with Crippen LogP contribution in [0.1, 0.15) is 15.9 Å². The van der Waals surface area contributed by atoms with E-state index in [4.69, 9.17) is 11.6 Å². The summed E-state index contributed by atoms with van der Waals surface area (Å²) in [6.07, 6.45) is -4.68. The van der Waals surface area contributed by atoms with Crippen LogP contribution in [0.2, 0.25) is 5.02 Å². The number of methoxy groups -OCH3 is 1. The van der Waals surface area contributed by atoms with Crippen LogP contribution in [0.5, 0.6) is 5.75 Å². The van der Waals surface area contributed by atoms with Crippen molar-refractivity contribution in [2.75, 3.05) is 7.11 Å². The number of alkyl halides is 3. The van der Waals surface area contributed by atoms with Gasteiger partial charge in [0.1, 0.15) is 5.75 Å². The molecular formula is C9H5ClF3O3-. The molecular weight excluding hydrogens is 249 g/mol. The van der Waals surface area contributed by atoms with Crippen molar-refractivity contribution in [3.8, 4) is 5.75 Å². The van der Waals surface area contributed by atoms with Crippen molar-refractivity contribution in [2.24, 2.45) is 0 Å². The van der Waals surface area contributed by atoms with Crippen LogP contribution in [0.15, 0.2) is 12.1 Å². The van der Waals surface area contributed by atoms with Crippen LogP contribution in [0.4, 0.5) is 13.2 Å². The summed E-state index contributed by atoms with van der Waals surface area (Å²) in [4.78, 5) is 10.6. The predicted octanol–water partition coefficient (Wildman–Crippen LogP) is 1.73. The number of carbonyl (C=O) groups excluding carboxylic acids is 1. The fraction of sp³-hybridized carbons (Fsp3) is 0.222. The average molecular weight is 254 g/mol. The Morgan fingerprint density at radius 3 is 2.38 bits per heavy atom. The lowest BCUT2D eigenvalue weighted by Crippen LogP contribution is -2.24. The number of carboxylic acids is 1. The molecule has 0 amide bonds. The Hall–Kier alpha value is -1.43. The lowest BCUT2D eigenvalue weighted by molar-refractivity contribution is -0.255. The third-order valence-electron chi connectivity index (χ3n) is 1.79. The molecule has 0 atom stereocenters. The van der Waals surface area contributed by atoms with Gasteiger partial charge in [-0.2, -0.15) is 13.2 Å². The molecule has 0 saturated heterocycles. The monoisotopic (exact) mass is 253 g/mol. The minimum absolute atomic E-state index is 0.352. The van der Waals surface area contributed by atoms with Gasteiger partial charge >= 0.3 is 6.18 Å². The predicted molar refractivity (Wildman–Crippen MR) is 47.3 cm³/mol. The number of carbonyl (C=O) groups is 1. The fourth-order valence-corrected chi connectivity index (χ4v) is 1.41. The molecule has 16 heavy (non-hydrogen) atoms. The molecule has 0 aromatic heterocycles. The SMILES string of the molecule is COc1c(Cl)cc(C(F)(F)F)cc1C(=O)[O-]. The molecule has 1 aromatic carbocycles. The van der Waals surface area contributed by atoms with E-state index in [1.165, 1.54) is 0 Å². The van der Waals surface area contributed by atoms with E-state index in [0.29, 0.717) is 12.1 Å². The first-order chi connectivity index (χ1) is 7.27. The number of halogens is 4. The second-order valence-electron chi connectivity index (χ2n) is 2.82. The number of ether oxygens (including phenoxy) is 1. The van der Waals surface area contributed by atoms with Crippen LogP contribution in [0, 0.1) is 0 Å². The van der Waals surface area contributed by atoms with Gasteiger partial charge in [0.2, 0.25) is 0 Å². The van der Waals surface area contributed by atoms with Gasteiger partial charge in [0.25, 0.3) is 0 Å². The van der Waals surface area contributed by atoms with E-state index < -0.39 is 28.3 Å². The van der Waals surface area contributed by atoms with Crippen LogP contribution >= 0.6 is 11.6 Å². The van der Waals surface area contributed by atoms with E-state index in [1.807, 2.05) is 0 Å². The Bertz CT molecular complexity index is 429. The Morgan fingerprint density at radius 1 is 1.44 bits per heavy atom. The second kappa shape index (κ2) is 4.21. The van der Waals surface area contributed by atoms with Crippen LogP contribution in [0.25, 0.3) is 0 Å². The minimum atomic E-state index is -4.68. The lowest BCUT2D eigenvalue weighted by atomic mass is 10.1. The van der Waals surface area contributed by atoms with E-state index >= 15 is 0 Å². The summed E-state index contributed by atoms with van der Waals surface area (Å²) in [5.74, 6) is -2.14. The summed E-state index contributed by atoms with van der Waals surface area (Å²) < 4.78 is 41.6. The fourth-order valence-electron chi connectivity index (χ4n) is 1.12. The molecule has 88 valence electrons. The maximum absolute atomic E-state index is 12.3. The van der Waals surface area contributed by atoms with Gasteiger partial charge in [0.05, 0.1) is 23.7 Å². The minimum Gasteiger partial charge on any atom is -0.545 e. The van der Waals surface area contributed by atoms with Crippen LogP contribution < -0.4 is 9.84 Å². The third-order valence-corrected chi connectivity index (χ3v) is 2.08. The van der Waals surface area contributed by atoms with E-state index in [2.05, 4.69) is 4.74 Å². The van der Waals surface area contributed by atoms with Gasteiger partial charge in [-0.25, -0.2) is 0 Å². The first-order valence-electron chi connectivity index (χ1n) is 3.93. The zero-order valence-electron chi connectivity index (χ0n) is 7.89. The average Bonchev–Trinajstić information content (AvgIpc) is 2.14. The zero-order chi connectivity index (χ0) is 12.5. The smallest absolute Gasteiger partial charge is 0.416 e. The summed E-state index contributed by atoms with van der Waals surface area (Å²) in [7, 11) is 1.10. The second-order valence-corrected chi connectivity index (χ2v) is 3.23. The number of aromatic carboxylic acids is 1. The van der Waals surface area contributed by atoms with Crippen molar-refractivity contribution in [3.63, 3.8) is 0 Å². The number of rotatable bonds is 2. The molecule has 0 unspecified atom stereocenters. The molecule has 0 aliphatic carbocycles. The highest BCUT2D eigenvalue weighted by molar-refractivity contribution is 6.32. The molecule has 3 nitrogen and oxygen atoms in total. The molecule has 0 heterocycles. The van der Waals surface area contributed by atoms with Crippen LogP contribution in [-0.4, -0.2) is 13.1 Å². The van der Waals surface area contributed by atoms with Gasteiger partial charge in [0.15, 0.2) is 0 Å². The Balaban J connectivity index is 3.46. The molecule has 0 N–H and O–H groups in total. The molecule has 0 aliphatic rings. The standard InChI is InChI=1S/C9H6ClF3O3/c1-16-7-5(8(14)15)2-4(3-6(7)10)9(11,12)13/h2-3H,1H3,(H,14,15)/p-1. The largest absolute Gasteiger partial charge is 0.545 e. The summed E-state index contributed by atoms with van der Waals surface area (Å²) >= 11 is 5.47. The molecule has 0 aliphatic heterocycles. The topological polar surface area (TPSA) is 49.4 Å². The number of benzene rings is 1. The zero-order valence-corrected chi connectivity index (χ0v) is 8.65. The van der Waals surface area contributed by atoms with Crippen LogP contribution in [0.3, 0.4) is 0 Å². The molecule has 7 heteroatoms. The maximum Gasteiger partial charge on any atom is 0.416 e. The van der Waals surface area contributed by atoms with E-state index in [9.17, 15) is 23.1 Å². The van der Waals surface area contributed by atoms with Crippen molar-refractivity contribution >= 4 is 17.6 Å². The van der Waals surface area contributed by atoms with Crippen LogP contribution in [-0.2, 0) is 6.18 Å². The Labute approximate surface area is 93.4 Å². The lowest BCUT2D eigenvalue weighted by Gasteiger charge is -2.14. The first kappa shape index (κ1) is 12.6. The van der Waals surface area contributed by atoms with E-state index in [1.54, 1.807) is 0 Å². The van der Waals surface area contributed by atoms with Crippen molar-refractivity contribution in [1.82, 2.24) is 0 Å². The van der Waals surface area contributed by atoms with E-state index in [-0.39, 0.29) is 5.75 Å². The number of hydrogen-bond donors (Lipinski definition) is 0. The van der Waals surface area contributed by atoms with Gasteiger partial charge in [0, 0.05) is 5.56 Å². The summed E-state index contributed by atoms with van der Waals surface area (Å²) in [5.41, 5.74) is -1.90. The Morgan fingerprint density at radius 2 is 2.00 bits per heavy atom. The number of carboxylic acid groups (broad SMARTS) is 1. The van der Waals surface area contributed by atoms with Crippen molar-refractivity contribution < 1.29 is 27.8 Å². The molecule has 0 bridgehead atoms. The molecule has 0 radical (unpaired) electrons. The highest BCUT2D eigenvalue weighted by Gasteiger charge is 2.32. The first-order valence-corrected chi connectivity index (χ1v) is 4.31. The molecule has 0 spiro atoms. The van der Waals surface area contributed by atoms with Gasteiger partial charge in [-0.05, 0) is 12.1 Å². The molecule has 0 fully saturated rings. The van der Waals surface area contributed by atoms with Crippen molar-refractivity contribution in [2.45, 2.75) is 6.18 Å². The van der Waals surface area contributed by atoms with Crippen molar-refractivity contribution in [3.05, 3.63) is 28.3 Å². The van der Waals surface area contributed by atoms with Gasteiger partial charge in [-0.3, -0.25) is 0 Å². The molecule has 1 aromatic rings. The number of hydrogen-bond acceptors (Lipinski definition) is 3. The highest BCUT2D eigenvalue weighted by atomic mass is 35.5. The highest BCUT2D eigenvalue weighted by Crippen LogP contribution is 2.37. The summed E-state index contributed by atoms with van der Waals surface area (Å²) in [6.45, 7) is 0. The molecule has 1 rings (SSSR count).